The first kappa shape index (κ1) is 29.6. The second kappa shape index (κ2) is 13.5. The highest BCUT2D eigenvalue weighted by Crippen LogP contribution is 2.34. The van der Waals surface area contributed by atoms with Crippen LogP contribution in [0.4, 0.5) is 0 Å². The van der Waals surface area contributed by atoms with Gasteiger partial charge in [0.25, 0.3) is 0 Å². The minimum atomic E-state index is 0.756. The van der Waals surface area contributed by atoms with Crippen LogP contribution in [-0.2, 0) is 6.42 Å². The monoisotopic (exact) mass is 605 g/mol. The number of hydrogen-bond donors (Lipinski definition) is 1. The van der Waals surface area contributed by atoms with E-state index in [9.17, 15) is 0 Å². The van der Waals surface area contributed by atoms with Gasteiger partial charge in [0.1, 0.15) is 0 Å². The van der Waals surface area contributed by atoms with E-state index in [0.29, 0.717) is 0 Å². The Balaban J connectivity index is 0.000000185. The fourth-order valence-electron chi connectivity index (χ4n) is 5.84. The van der Waals surface area contributed by atoms with Gasteiger partial charge in [0.05, 0.1) is 11.2 Å². The summed E-state index contributed by atoms with van der Waals surface area (Å²) in [5.41, 5.74) is 14.5. The maximum Gasteiger partial charge on any atom is 0.160 e. The fourth-order valence-corrected chi connectivity index (χ4v) is 5.84. The molecule has 0 aliphatic rings. The zero-order valence-electron chi connectivity index (χ0n) is 26.3. The summed E-state index contributed by atoms with van der Waals surface area (Å²) in [4.78, 5) is 10.1. The normalized spacial score (nSPS) is 11.4. The average Bonchev–Trinajstić information content (AvgIpc) is 3.14. The largest absolute Gasteiger partial charge is 0.398 e. The number of aromatic nitrogens is 2. The van der Waals surface area contributed by atoms with Crippen LogP contribution < -0.4 is 5.73 Å². The predicted molar refractivity (Wildman–Crippen MR) is 199 cm³/mol. The molecule has 7 aromatic carbocycles. The molecule has 0 spiro atoms. The minimum absolute atomic E-state index is 0.756. The molecule has 3 heteroatoms. The van der Waals surface area contributed by atoms with Crippen molar-refractivity contribution >= 4 is 38.1 Å². The average molecular weight is 606 g/mol. The molecule has 0 unspecified atom stereocenters. The van der Waals surface area contributed by atoms with E-state index in [-0.39, 0.29) is 0 Å². The van der Waals surface area contributed by atoms with E-state index in [1.54, 1.807) is 0 Å². The Labute approximate surface area is 275 Å². The molecule has 226 valence electrons. The van der Waals surface area contributed by atoms with Crippen molar-refractivity contribution < 1.29 is 0 Å². The topological polar surface area (TPSA) is 51.8 Å². The van der Waals surface area contributed by atoms with Crippen molar-refractivity contribution in [3.63, 3.8) is 0 Å². The van der Waals surface area contributed by atoms with Crippen LogP contribution in [0, 0.1) is 6.92 Å². The van der Waals surface area contributed by atoms with Gasteiger partial charge in [-0.25, -0.2) is 9.97 Å². The summed E-state index contributed by atoms with van der Waals surface area (Å²) in [6.45, 7) is 2.10. The summed E-state index contributed by atoms with van der Waals surface area (Å²) in [5, 5.41) is 5.86. The molecule has 0 radical (unpaired) electrons. The molecule has 2 N–H and O–H groups in total. The number of benzene rings is 7. The Hall–Kier alpha value is -6.06. The van der Waals surface area contributed by atoms with Crippen molar-refractivity contribution in [1.29, 1.82) is 0 Å². The molecule has 3 nitrogen and oxygen atoms in total. The van der Waals surface area contributed by atoms with Crippen LogP contribution in [0.1, 0.15) is 16.7 Å². The number of allylic oxidation sites excluding steroid dienone is 1. The van der Waals surface area contributed by atoms with Gasteiger partial charge < -0.3 is 5.73 Å². The number of nitrogens with zero attached hydrogens (tertiary/aromatic N) is 2. The number of nitrogens with two attached hydrogens (primary N) is 1. The lowest BCUT2D eigenvalue weighted by Gasteiger charge is -2.12. The van der Waals surface area contributed by atoms with E-state index in [4.69, 9.17) is 15.7 Å². The van der Waals surface area contributed by atoms with Gasteiger partial charge in [0, 0.05) is 27.6 Å². The molecule has 0 saturated carbocycles. The molecule has 0 amide bonds. The third-order valence-electron chi connectivity index (χ3n) is 8.43. The van der Waals surface area contributed by atoms with Gasteiger partial charge in [-0.3, -0.25) is 0 Å². The van der Waals surface area contributed by atoms with Crippen molar-refractivity contribution in [3.05, 3.63) is 187 Å². The number of fused-ring (bicyclic) bond motifs is 4. The quantitative estimate of drug-likeness (QED) is 0.199. The molecule has 0 aliphatic carbocycles. The minimum Gasteiger partial charge on any atom is -0.398 e. The Morgan fingerprint density at radius 1 is 0.553 bits per heavy atom. The Bertz CT molecular complexity index is 2320. The van der Waals surface area contributed by atoms with E-state index in [2.05, 4.69) is 128 Å². The lowest BCUT2D eigenvalue weighted by atomic mass is 9.99. The number of aryl methyl sites for hydroxylation is 1. The number of hydrogen-bond acceptors (Lipinski definition) is 3. The Morgan fingerprint density at radius 3 is 1.94 bits per heavy atom. The zero-order chi connectivity index (χ0) is 32.0. The van der Waals surface area contributed by atoms with Gasteiger partial charge in [-0.1, -0.05) is 163 Å². The maximum atomic E-state index is 6.00. The molecule has 0 fully saturated rings. The molecule has 8 rings (SSSR count). The summed E-state index contributed by atoms with van der Waals surface area (Å²) in [6, 6.07) is 56.5. The third kappa shape index (κ3) is 6.66. The van der Waals surface area contributed by atoms with E-state index in [1.807, 2.05) is 48.5 Å². The van der Waals surface area contributed by atoms with Gasteiger partial charge in [-0.05, 0) is 52.8 Å². The van der Waals surface area contributed by atoms with Crippen molar-refractivity contribution in [3.8, 4) is 22.6 Å². The predicted octanol–water partition coefficient (Wildman–Crippen LogP) is 10.8. The second-order valence-corrected chi connectivity index (χ2v) is 11.7. The zero-order valence-corrected chi connectivity index (χ0v) is 26.3. The van der Waals surface area contributed by atoms with Crippen LogP contribution in [0.2, 0.25) is 0 Å². The summed E-state index contributed by atoms with van der Waals surface area (Å²) < 4.78 is 0. The molecule has 8 aromatic rings. The summed E-state index contributed by atoms with van der Waals surface area (Å²) in [7, 11) is 0. The third-order valence-corrected chi connectivity index (χ3v) is 8.43. The second-order valence-electron chi connectivity index (χ2n) is 11.7. The molecule has 1 heterocycles. The first-order chi connectivity index (χ1) is 23.1. The Morgan fingerprint density at radius 2 is 1.17 bits per heavy atom. The summed E-state index contributed by atoms with van der Waals surface area (Å²) in [6.07, 6.45) is 2.94. The SMILES string of the molecule is Cc1ccc(-c2nc(-c3ccc4ccccc4c3)c3ccc4ccccc4c3n2)cc1.N/C(=C\Cc1ccccc1)c1ccccc1. The number of rotatable bonds is 5. The summed E-state index contributed by atoms with van der Waals surface area (Å²) >= 11 is 0. The van der Waals surface area contributed by atoms with Crippen molar-refractivity contribution in [2.24, 2.45) is 5.73 Å². The highest BCUT2D eigenvalue weighted by atomic mass is 14.9. The lowest BCUT2D eigenvalue weighted by molar-refractivity contribution is 1.23. The molecule has 1 aromatic heterocycles. The molecule has 0 saturated heterocycles. The molecular weight excluding hydrogens is 571 g/mol. The first-order valence-corrected chi connectivity index (χ1v) is 15.9. The van der Waals surface area contributed by atoms with Crippen molar-refractivity contribution in [2.45, 2.75) is 13.3 Å². The standard InChI is InChI=1S/C29H20N2.C15H15N/c1-19-10-12-22(13-11-19)29-30-27(24-15-14-20-6-2-3-8-23(20)18-24)26-17-16-21-7-4-5-9-25(21)28(26)31-29;16-15(14-9-5-2-6-10-14)12-11-13-7-3-1-4-8-13/h2-18H,1H3;1-10,12H,11,16H2/b;15-12-. The molecular formula is C44H35N3. The van der Waals surface area contributed by atoms with Gasteiger partial charge in [0.15, 0.2) is 5.82 Å². The molecule has 0 aliphatic heterocycles. The van der Waals surface area contributed by atoms with Crippen LogP contribution in [0.5, 0.6) is 0 Å². The van der Waals surface area contributed by atoms with Gasteiger partial charge in [-0.2, -0.15) is 0 Å². The van der Waals surface area contributed by atoms with Crippen LogP contribution >= 0.6 is 0 Å². The van der Waals surface area contributed by atoms with E-state index >= 15 is 0 Å². The van der Waals surface area contributed by atoms with Crippen LogP contribution in [-0.4, -0.2) is 9.97 Å². The maximum absolute atomic E-state index is 6.00. The van der Waals surface area contributed by atoms with Gasteiger partial charge >= 0.3 is 0 Å². The van der Waals surface area contributed by atoms with Crippen molar-refractivity contribution in [1.82, 2.24) is 9.97 Å². The van der Waals surface area contributed by atoms with Crippen molar-refractivity contribution in [2.75, 3.05) is 0 Å². The van der Waals surface area contributed by atoms with Gasteiger partial charge in [-0.15, -0.1) is 0 Å². The first-order valence-electron chi connectivity index (χ1n) is 15.9. The molecule has 47 heavy (non-hydrogen) atoms. The fraction of sp³-hybridized carbons (Fsp3) is 0.0455. The highest BCUT2D eigenvalue weighted by Gasteiger charge is 2.14. The molecule has 0 atom stereocenters. The van der Waals surface area contributed by atoms with E-state index in [1.165, 1.54) is 27.3 Å². The van der Waals surface area contributed by atoms with Gasteiger partial charge in [0.2, 0.25) is 0 Å². The van der Waals surface area contributed by atoms with E-state index < -0.39 is 0 Å². The van der Waals surface area contributed by atoms with Crippen LogP contribution in [0.3, 0.4) is 0 Å². The highest BCUT2D eigenvalue weighted by molar-refractivity contribution is 6.10. The van der Waals surface area contributed by atoms with E-state index in [0.717, 1.165) is 56.6 Å². The Kier molecular flexibility index (Phi) is 8.52. The van der Waals surface area contributed by atoms with Crippen LogP contribution in [0.25, 0.3) is 60.8 Å². The smallest absolute Gasteiger partial charge is 0.160 e. The molecule has 0 bridgehead atoms. The van der Waals surface area contributed by atoms with Crippen LogP contribution in [0.15, 0.2) is 170 Å². The summed E-state index contributed by atoms with van der Waals surface area (Å²) in [5.74, 6) is 0.756. The lowest BCUT2D eigenvalue weighted by Crippen LogP contribution is -1.96.